The lowest BCUT2D eigenvalue weighted by molar-refractivity contribution is -0.121. The summed E-state index contributed by atoms with van der Waals surface area (Å²) >= 11 is 5.01. The van der Waals surface area contributed by atoms with E-state index in [2.05, 4.69) is 38.3 Å². The number of hydrogen-bond donors (Lipinski definition) is 1. The zero-order valence-electron chi connectivity index (χ0n) is 13.7. The van der Waals surface area contributed by atoms with E-state index in [0.717, 1.165) is 22.0 Å². The summed E-state index contributed by atoms with van der Waals surface area (Å²) < 4.78 is 6.25. The molecule has 1 atom stereocenters. The van der Waals surface area contributed by atoms with Crippen molar-refractivity contribution in [3.05, 3.63) is 57.0 Å². The third kappa shape index (κ3) is 4.76. The molecule has 0 saturated carbocycles. The van der Waals surface area contributed by atoms with Gasteiger partial charge in [-0.25, -0.2) is 0 Å². The molecule has 130 valence electrons. The van der Waals surface area contributed by atoms with Crippen LogP contribution in [-0.2, 0) is 11.2 Å². The van der Waals surface area contributed by atoms with E-state index in [4.69, 9.17) is 4.52 Å². The van der Waals surface area contributed by atoms with Gasteiger partial charge in [-0.2, -0.15) is 16.3 Å². The van der Waals surface area contributed by atoms with E-state index in [1.54, 1.807) is 11.3 Å². The molecule has 3 rings (SSSR count). The Morgan fingerprint density at radius 3 is 2.80 bits per heavy atom. The van der Waals surface area contributed by atoms with E-state index in [-0.39, 0.29) is 11.9 Å². The highest BCUT2D eigenvalue weighted by molar-refractivity contribution is 9.10. The minimum atomic E-state index is -0.0231. The molecule has 0 saturated heterocycles. The van der Waals surface area contributed by atoms with Gasteiger partial charge in [0.25, 0.3) is 0 Å². The van der Waals surface area contributed by atoms with E-state index in [1.807, 2.05) is 41.1 Å². The summed E-state index contributed by atoms with van der Waals surface area (Å²) in [6.07, 6.45) is 1.58. The maximum absolute atomic E-state index is 12.3. The number of rotatable bonds is 7. The number of thiophene rings is 1. The van der Waals surface area contributed by atoms with Gasteiger partial charge in [0.05, 0.1) is 6.04 Å². The molecule has 0 spiro atoms. The first-order valence-electron chi connectivity index (χ1n) is 8.05. The van der Waals surface area contributed by atoms with Crippen molar-refractivity contribution in [2.75, 3.05) is 0 Å². The first kappa shape index (κ1) is 17.8. The van der Waals surface area contributed by atoms with E-state index >= 15 is 0 Å². The summed E-state index contributed by atoms with van der Waals surface area (Å²) in [4.78, 5) is 16.6. The molecule has 0 aliphatic heterocycles. The van der Waals surface area contributed by atoms with Gasteiger partial charge in [-0.3, -0.25) is 4.79 Å². The molecule has 5 nitrogen and oxygen atoms in total. The molecule has 25 heavy (non-hydrogen) atoms. The van der Waals surface area contributed by atoms with E-state index < -0.39 is 0 Å². The molecule has 0 aliphatic carbocycles. The van der Waals surface area contributed by atoms with Crippen LogP contribution in [0.5, 0.6) is 0 Å². The Labute approximate surface area is 158 Å². The Kier molecular flexibility index (Phi) is 5.99. The number of halogens is 1. The maximum atomic E-state index is 12.3. The Hall–Kier alpha value is -1.99. The van der Waals surface area contributed by atoms with E-state index in [9.17, 15) is 4.79 Å². The first-order valence-corrected chi connectivity index (χ1v) is 9.79. The standard InChI is InChI=1S/C18H18BrN3O2S/c1-2-15(12-3-5-14(19)6-4-12)20-16(23)7-8-17-21-18(22-24-17)13-9-10-25-11-13/h3-6,9-11,15H,2,7-8H2,1H3,(H,20,23). The van der Waals surface area contributed by atoms with Crippen molar-refractivity contribution in [1.82, 2.24) is 15.5 Å². The summed E-state index contributed by atoms with van der Waals surface area (Å²) in [5, 5.41) is 10.9. The average Bonchev–Trinajstić information content (AvgIpc) is 3.30. The van der Waals surface area contributed by atoms with Gasteiger partial charge in [0.2, 0.25) is 17.6 Å². The monoisotopic (exact) mass is 419 g/mol. The summed E-state index contributed by atoms with van der Waals surface area (Å²) in [7, 11) is 0. The lowest BCUT2D eigenvalue weighted by Gasteiger charge is -2.17. The van der Waals surface area contributed by atoms with Crippen LogP contribution in [0, 0.1) is 0 Å². The Morgan fingerprint density at radius 1 is 1.32 bits per heavy atom. The average molecular weight is 420 g/mol. The molecular weight excluding hydrogens is 402 g/mol. The van der Waals surface area contributed by atoms with Gasteiger partial charge in [-0.15, -0.1) is 0 Å². The molecule has 0 bridgehead atoms. The number of amides is 1. The normalized spacial score (nSPS) is 12.1. The van der Waals surface area contributed by atoms with Crippen molar-refractivity contribution in [1.29, 1.82) is 0 Å². The van der Waals surface area contributed by atoms with Crippen LogP contribution in [-0.4, -0.2) is 16.0 Å². The molecule has 1 N–H and O–H groups in total. The lowest BCUT2D eigenvalue weighted by Crippen LogP contribution is -2.28. The second-order valence-electron chi connectivity index (χ2n) is 5.60. The van der Waals surface area contributed by atoms with Gasteiger partial charge < -0.3 is 9.84 Å². The molecule has 2 heterocycles. The molecule has 1 amide bonds. The van der Waals surface area contributed by atoms with Crippen molar-refractivity contribution in [2.24, 2.45) is 0 Å². The summed E-state index contributed by atoms with van der Waals surface area (Å²) in [6.45, 7) is 2.05. The zero-order chi connectivity index (χ0) is 17.6. The summed E-state index contributed by atoms with van der Waals surface area (Å²) in [5.74, 6) is 1.02. The highest BCUT2D eigenvalue weighted by atomic mass is 79.9. The van der Waals surface area contributed by atoms with Gasteiger partial charge in [0.15, 0.2) is 0 Å². The van der Waals surface area contributed by atoms with Crippen LogP contribution in [0.3, 0.4) is 0 Å². The van der Waals surface area contributed by atoms with Crippen LogP contribution in [0.15, 0.2) is 50.1 Å². The summed E-state index contributed by atoms with van der Waals surface area (Å²) in [6, 6.07) is 9.94. The smallest absolute Gasteiger partial charge is 0.227 e. The largest absolute Gasteiger partial charge is 0.349 e. The molecular formula is C18H18BrN3O2S. The van der Waals surface area contributed by atoms with Gasteiger partial charge >= 0.3 is 0 Å². The molecule has 3 aromatic rings. The Morgan fingerprint density at radius 2 is 2.12 bits per heavy atom. The topological polar surface area (TPSA) is 68.0 Å². The second kappa shape index (κ2) is 8.40. The number of hydrogen-bond acceptors (Lipinski definition) is 5. The van der Waals surface area contributed by atoms with Crippen molar-refractivity contribution in [2.45, 2.75) is 32.2 Å². The fourth-order valence-electron chi connectivity index (χ4n) is 2.47. The van der Waals surface area contributed by atoms with Gasteiger partial charge in [0.1, 0.15) is 0 Å². The van der Waals surface area contributed by atoms with Crippen LogP contribution in [0.2, 0.25) is 0 Å². The zero-order valence-corrected chi connectivity index (χ0v) is 16.1. The number of aromatic nitrogens is 2. The predicted octanol–water partition coefficient (Wildman–Crippen LogP) is 4.76. The Balaban J connectivity index is 1.54. The fraction of sp³-hybridized carbons (Fsp3) is 0.278. The van der Waals surface area contributed by atoms with Crippen molar-refractivity contribution < 1.29 is 9.32 Å². The minimum absolute atomic E-state index is 0.00431. The molecule has 0 fully saturated rings. The summed E-state index contributed by atoms with van der Waals surface area (Å²) in [5.41, 5.74) is 2.03. The molecule has 0 aliphatic rings. The molecule has 1 unspecified atom stereocenters. The third-order valence-corrected chi connectivity index (χ3v) is 5.04. The third-order valence-electron chi connectivity index (χ3n) is 3.83. The van der Waals surface area contributed by atoms with Crippen molar-refractivity contribution in [3.63, 3.8) is 0 Å². The van der Waals surface area contributed by atoms with Crippen LogP contribution in [0.1, 0.15) is 37.3 Å². The van der Waals surface area contributed by atoms with Crippen molar-refractivity contribution >= 4 is 33.2 Å². The number of aryl methyl sites for hydroxylation is 1. The number of nitrogens with one attached hydrogen (secondary N) is 1. The number of benzene rings is 1. The first-order chi connectivity index (χ1) is 12.2. The van der Waals surface area contributed by atoms with Crippen molar-refractivity contribution in [3.8, 4) is 11.4 Å². The molecule has 2 aromatic heterocycles. The Bertz CT molecular complexity index is 815. The van der Waals surface area contributed by atoms with Gasteiger partial charge in [-0.1, -0.05) is 40.1 Å². The molecule has 1 aromatic carbocycles. The van der Waals surface area contributed by atoms with Crippen LogP contribution < -0.4 is 5.32 Å². The highest BCUT2D eigenvalue weighted by Crippen LogP contribution is 2.21. The minimum Gasteiger partial charge on any atom is -0.349 e. The highest BCUT2D eigenvalue weighted by Gasteiger charge is 2.15. The van der Waals surface area contributed by atoms with Crippen LogP contribution in [0.25, 0.3) is 11.4 Å². The quantitative estimate of drug-likeness (QED) is 0.599. The van der Waals surface area contributed by atoms with E-state index in [1.165, 1.54) is 0 Å². The second-order valence-corrected chi connectivity index (χ2v) is 7.30. The maximum Gasteiger partial charge on any atom is 0.227 e. The van der Waals surface area contributed by atoms with E-state index in [0.29, 0.717) is 24.6 Å². The lowest BCUT2D eigenvalue weighted by atomic mass is 10.0. The number of carbonyl (C=O) groups is 1. The number of carbonyl (C=O) groups excluding carboxylic acids is 1. The fourth-order valence-corrected chi connectivity index (χ4v) is 3.37. The van der Waals surface area contributed by atoms with Gasteiger partial charge in [0, 0.05) is 28.3 Å². The molecule has 7 heteroatoms. The molecule has 0 radical (unpaired) electrons. The number of nitrogens with zero attached hydrogens (tertiary/aromatic N) is 2. The van der Waals surface area contributed by atoms with Crippen LogP contribution in [0.4, 0.5) is 0 Å². The van der Waals surface area contributed by atoms with Crippen LogP contribution >= 0.6 is 27.3 Å². The SMILES string of the molecule is CCC(NC(=O)CCc1nc(-c2ccsc2)no1)c1ccc(Br)cc1. The van der Waals surface area contributed by atoms with Gasteiger partial charge in [-0.05, 0) is 35.6 Å². The predicted molar refractivity (Wildman–Crippen MR) is 101 cm³/mol.